The molecule has 4 rings (SSSR count). The van der Waals surface area contributed by atoms with Crippen molar-refractivity contribution >= 4 is 29.1 Å². The second kappa shape index (κ2) is 11.3. The van der Waals surface area contributed by atoms with Gasteiger partial charge in [-0.15, -0.1) is 0 Å². The van der Waals surface area contributed by atoms with Crippen LogP contribution in [-0.4, -0.2) is 36.0 Å². The highest BCUT2D eigenvalue weighted by Gasteiger charge is 2.47. The molecule has 1 N–H and O–H groups in total. The molecule has 1 atom stereocenters. The highest BCUT2D eigenvalue weighted by Crippen LogP contribution is 2.42. The molecule has 3 aromatic rings. The molecule has 1 aliphatic rings. The number of ether oxygens (including phenoxy) is 2. The molecule has 196 valence electrons. The van der Waals surface area contributed by atoms with Gasteiger partial charge in [0.15, 0.2) is 0 Å². The van der Waals surface area contributed by atoms with Crippen LogP contribution < -0.4 is 9.64 Å². The number of amides is 1. The van der Waals surface area contributed by atoms with Crippen molar-refractivity contribution in [2.45, 2.75) is 33.7 Å². The summed E-state index contributed by atoms with van der Waals surface area (Å²) in [7, 11) is 0. The normalized spacial score (nSPS) is 16.7. The van der Waals surface area contributed by atoms with Gasteiger partial charge in [0, 0.05) is 11.3 Å². The van der Waals surface area contributed by atoms with Gasteiger partial charge in [-0.2, -0.15) is 0 Å². The molecule has 38 heavy (non-hydrogen) atoms. The Hall–Kier alpha value is -4.39. The summed E-state index contributed by atoms with van der Waals surface area (Å²) >= 11 is 0. The van der Waals surface area contributed by atoms with Crippen LogP contribution in [0.2, 0.25) is 0 Å². The van der Waals surface area contributed by atoms with Crippen molar-refractivity contribution in [1.82, 2.24) is 0 Å². The first-order valence-electron chi connectivity index (χ1n) is 12.6. The molecule has 0 bridgehead atoms. The van der Waals surface area contributed by atoms with Gasteiger partial charge >= 0.3 is 5.97 Å². The van der Waals surface area contributed by atoms with E-state index in [0.29, 0.717) is 35.1 Å². The molecule has 7 nitrogen and oxygen atoms in total. The third-order valence-electron chi connectivity index (χ3n) is 6.13. The lowest BCUT2D eigenvalue weighted by Crippen LogP contribution is -2.29. The number of anilines is 1. The van der Waals surface area contributed by atoms with Gasteiger partial charge in [0.25, 0.3) is 11.7 Å². The number of carbonyl (C=O) groups is 3. The van der Waals surface area contributed by atoms with E-state index in [1.807, 2.05) is 39.0 Å². The predicted octanol–water partition coefficient (Wildman–Crippen LogP) is 5.83. The van der Waals surface area contributed by atoms with Gasteiger partial charge in [-0.05, 0) is 55.7 Å². The lowest BCUT2D eigenvalue weighted by atomic mass is 9.94. The Kier molecular flexibility index (Phi) is 7.96. The number of nitrogens with zero attached hydrogens (tertiary/aromatic N) is 1. The fourth-order valence-corrected chi connectivity index (χ4v) is 4.40. The monoisotopic (exact) mass is 513 g/mol. The van der Waals surface area contributed by atoms with Gasteiger partial charge < -0.3 is 14.6 Å². The summed E-state index contributed by atoms with van der Waals surface area (Å²) in [4.78, 5) is 40.6. The van der Waals surface area contributed by atoms with E-state index in [2.05, 4.69) is 0 Å². The molecule has 0 aromatic heterocycles. The van der Waals surface area contributed by atoms with Crippen molar-refractivity contribution < 1.29 is 29.0 Å². The van der Waals surface area contributed by atoms with Crippen molar-refractivity contribution in [2.75, 3.05) is 18.1 Å². The number of rotatable bonds is 8. The van der Waals surface area contributed by atoms with Gasteiger partial charge in [-0.25, -0.2) is 4.79 Å². The molecule has 7 heteroatoms. The maximum absolute atomic E-state index is 13.5. The number of Topliss-reactive ketones (excluding diaryl/α,β-unsaturated/α-hetero) is 1. The Labute approximate surface area is 222 Å². The second-order valence-electron chi connectivity index (χ2n) is 9.59. The van der Waals surface area contributed by atoms with Crippen molar-refractivity contribution in [1.29, 1.82) is 0 Å². The number of aliphatic hydroxyl groups is 1. The van der Waals surface area contributed by atoms with E-state index in [1.54, 1.807) is 55.5 Å². The largest absolute Gasteiger partial charge is 0.507 e. The number of hydrogen-bond donors (Lipinski definition) is 1. The molecule has 0 spiro atoms. The fraction of sp³-hybridized carbons (Fsp3) is 0.258. The zero-order valence-corrected chi connectivity index (χ0v) is 21.9. The zero-order chi connectivity index (χ0) is 27.4. The van der Waals surface area contributed by atoms with Crippen molar-refractivity contribution in [2.24, 2.45) is 5.92 Å². The maximum atomic E-state index is 13.5. The molecule has 1 amide bonds. The second-order valence-corrected chi connectivity index (χ2v) is 9.59. The fourth-order valence-electron chi connectivity index (χ4n) is 4.40. The molecule has 3 aromatic carbocycles. The number of benzene rings is 3. The summed E-state index contributed by atoms with van der Waals surface area (Å²) in [5.41, 5.74) is 2.50. The molecule has 0 aliphatic carbocycles. The van der Waals surface area contributed by atoms with Gasteiger partial charge in [-0.1, -0.05) is 61.9 Å². The lowest BCUT2D eigenvalue weighted by molar-refractivity contribution is -0.132. The van der Waals surface area contributed by atoms with E-state index in [4.69, 9.17) is 9.47 Å². The predicted molar refractivity (Wildman–Crippen MR) is 145 cm³/mol. The molecule has 0 saturated carbocycles. The van der Waals surface area contributed by atoms with Crippen LogP contribution in [0, 0.1) is 12.8 Å². The van der Waals surface area contributed by atoms with Crippen LogP contribution in [0.3, 0.4) is 0 Å². The minimum Gasteiger partial charge on any atom is -0.507 e. The van der Waals surface area contributed by atoms with Crippen LogP contribution in [-0.2, 0) is 14.3 Å². The van der Waals surface area contributed by atoms with Crippen LogP contribution in [0.15, 0.2) is 78.4 Å². The minimum atomic E-state index is -0.910. The summed E-state index contributed by atoms with van der Waals surface area (Å²) in [6.07, 6.45) is 0. The third kappa shape index (κ3) is 5.47. The first-order valence-corrected chi connectivity index (χ1v) is 12.6. The van der Waals surface area contributed by atoms with E-state index < -0.39 is 23.7 Å². The minimum absolute atomic E-state index is 0.0388. The standard InChI is InChI=1S/C31H31NO6/c1-5-37-31(36)23-12-7-13-24(16-23)32-27(21-10-6-9-20(4)15-21)26(29(34)30(32)35)28(33)22-11-8-14-25(17-22)38-18-19(2)3/h6-17,19,27,33H,5,18H2,1-4H3/b28-26+. The first-order chi connectivity index (χ1) is 18.2. The van der Waals surface area contributed by atoms with E-state index in [1.165, 1.54) is 11.0 Å². The van der Waals surface area contributed by atoms with Crippen molar-refractivity contribution in [3.63, 3.8) is 0 Å². The number of carbonyl (C=O) groups excluding carboxylic acids is 3. The zero-order valence-electron chi connectivity index (χ0n) is 21.9. The van der Waals surface area contributed by atoms with E-state index >= 15 is 0 Å². The van der Waals surface area contributed by atoms with Gasteiger partial charge in [0.05, 0.1) is 30.4 Å². The van der Waals surface area contributed by atoms with Crippen LogP contribution in [0.5, 0.6) is 5.75 Å². The molecule has 1 aliphatic heterocycles. The Balaban J connectivity index is 1.86. The Morgan fingerprint density at radius 3 is 2.39 bits per heavy atom. The van der Waals surface area contributed by atoms with Crippen LogP contribution in [0.25, 0.3) is 5.76 Å². The van der Waals surface area contributed by atoms with Crippen molar-refractivity contribution in [3.8, 4) is 5.75 Å². The first kappa shape index (κ1) is 26.7. The van der Waals surface area contributed by atoms with Gasteiger partial charge in [0.1, 0.15) is 11.5 Å². The summed E-state index contributed by atoms with van der Waals surface area (Å²) in [6, 6.07) is 19.7. The summed E-state index contributed by atoms with van der Waals surface area (Å²) < 4.78 is 10.9. The lowest BCUT2D eigenvalue weighted by Gasteiger charge is -2.26. The number of aliphatic hydroxyl groups excluding tert-OH is 1. The number of hydrogen-bond acceptors (Lipinski definition) is 6. The SMILES string of the molecule is CCOC(=O)c1cccc(N2C(=O)C(=O)/C(=C(/O)c3cccc(OCC(C)C)c3)C2c2cccc(C)c2)c1. The number of aryl methyl sites for hydroxylation is 1. The Morgan fingerprint density at radius 1 is 0.974 bits per heavy atom. The third-order valence-corrected chi connectivity index (χ3v) is 6.13. The Morgan fingerprint density at radius 2 is 1.68 bits per heavy atom. The molecule has 0 radical (unpaired) electrons. The highest BCUT2D eigenvalue weighted by molar-refractivity contribution is 6.51. The van der Waals surface area contributed by atoms with Gasteiger partial charge in [-0.3, -0.25) is 14.5 Å². The summed E-state index contributed by atoms with van der Waals surface area (Å²) in [5, 5.41) is 11.4. The average Bonchev–Trinajstić information content (AvgIpc) is 3.17. The number of ketones is 1. The molecule has 1 fully saturated rings. The van der Waals surface area contributed by atoms with Crippen LogP contribution in [0.4, 0.5) is 5.69 Å². The van der Waals surface area contributed by atoms with E-state index in [-0.39, 0.29) is 23.5 Å². The summed E-state index contributed by atoms with van der Waals surface area (Å²) in [5.74, 6) is -1.59. The maximum Gasteiger partial charge on any atom is 0.338 e. The summed E-state index contributed by atoms with van der Waals surface area (Å²) in [6.45, 7) is 8.38. The molecule has 1 saturated heterocycles. The number of esters is 1. The van der Waals surface area contributed by atoms with Crippen molar-refractivity contribution in [3.05, 3.63) is 101 Å². The quantitative estimate of drug-likeness (QED) is 0.176. The molecular weight excluding hydrogens is 482 g/mol. The van der Waals surface area contributed by atoms with E-state index in [9.17, 15) is 19.5 Å². The molecule has 1 unspecified atom stereocenters. The van der Waals surface area contributed by atoms with Crippen LogP contribution in [0.1, 0.15) is 53.9 Å². The van der Waals surface area contributed by atoms with Crippen LogP contribution >= 0.6 is 0 Å². The average molecular weight is 514 g/mol. The highest BCUT2D eigenvalue weighted by atomic mass is 16.5. The Bertz CT molecular complexity index is 1410. The molecule has 1 heterocycles. The topological polar surface area (TPSA) is 93.1 Å². The van der Waals surface area contributed by atoms with E-state index in [0.717, 1.165) is 5.56 Å². The smallest absolute Gasteiger partial charge is 0.338 e. The van der Waals surface area contributed by atoms with Gasteiger partial charge in [0.2, 0.25) is 0 Å². The molecular formula is C31H31NO6.